The van der Waals surface area contributed by atoms with Crippen molar-refractivity contribution in [2.24, 2.45) is 5.92 Å². The van der Waals surface area contributed by atoms with Gasteiger partial charge in [-0.25, -0.2) is 0 Å². The van der Waals surface area contributed by atoms with Crippen LogP contribution in [-0.4, -0.2) is 29.9 Å². The third kappa shape index (κ3) is 9.39. The van der Waals surface area contributed by atoms with E-state index in [-0.39, 0.29) is 0 Å². The lowest BCUT2D eigenvalue weighted by atomic mass is 9.99. The highest BCUT2D eigenvalue weighted by molar-refractivity contribution is 9.09. The minimum absolute atomic E-state index is 0.943. The highest BCUT2D eigenvalue weighted by Gasteiger charge is 2.17. The lowest BCUT2D eigenvalue weighted by Gasteiger charge is -2.31. The van der Waals surface area contributed by atoms with Crippen LogP contribution < -0.4 is 0 Å². The molecule has 0 aliphatic carbocycles. The lowest BCUT2D eigenvalue weighted by Crippen LogP contribution is -2.34. The molecule has 0 amide bonds. The lowest BCUT2D eigenvalue weighted by molar-refractivity contribution is 0.191. The van der Waals surface area contributed by atoms with Crippen molar-refractivity contribution in [3.8, 4) is 0 Å². The Kier molecular flexibility index (Phi) is 12.1. The van der Waals surface area contributed by atoms with Gasteiger partial charge in [-0.1, -0.05) is 80.6 Å². The smallest absolute Gasteiger partial charge is 0.00606 e. The van der Waals surface area contributed by atoms with Crippen LogP contribution in [0.5, 0.6) is 0 Å². The van der Waals surface area contributed by atoms with E-state index in [1.165, 1.54) is 102 Å². The fourth-order valence-corrected chi connectivity index (χ4v) is 3.83. The van der Waals surface area contributed by atoms with Gasteiger partial charge in [0, 0.05) is 5.33 Å². The van der Waals surface area contributed by atoms with Crippen LogP contribution in [0.1, 0.15) is 84.0 Å². The Hall–Kier alpha value is 0.440. The zero-order valence-corrected chi connectivity index (χ0v) is 15.3. The number of hydrogen-bond acceptors (Lipinski definition) is 1. The van der Waals surface area contributed by atoms with E-state index in [9.17, 15) is 0 Å². The van der Waals surface area contributed by atoms with Crippen molar-refractivity contribution in [1.82, 2.24) is 4.90 Å². The molecule has 0 aromatic heterocycles. The van der Waals surface area contributed by atoms with Gasteiger partial charge in [-0.2, -0.15) is 0 Å². The first kappa shape index (κ1) is 18.5. The summed E-state index contributed by atoms with van der Waals surface area (Å²) in [6, 6.07) is 0. The van der Waals surface area contributed by atoms with E-state index in [2.05, 4.69) is 27.8 Å². The van der Waals surface area contributed by atoms with Crippen molar-refractivity contribution in [1.29, 1.82) is 0 Å². The summed E-state index contributed by atoms with van der Waals surface area (Å²) in [6.45, 7) is 6.33. The van der Waals surface area contributed by atoms with Crippen molar-refractivity contribution in [3.63, 3.8) is 0 Å². The van der Waals surface area contributed by atoms with E-state index in [0.717, 1.165) is 5.92 Å². The van der Waals surface area contributed by atoms with E-state index >= 15 is 0 Å². The molecule has 1 rings (SSSR count). The van der Waals surface area contributed by atoms with Gasteiger partial charge >= 0.3 is 0 Å². The Morgan fingerprint density at radius 1 is 0.800 bits per heavy atom. The molecule has 0 aromatic rings. The van der Waals surface area contributed by atoms with Gasteiger partial charge in [0.1, 0.15) is 0 Å². The third-order valence-corrected chi connectivity index (χ3v) is 5.67. The van der Waals surface area contributed by atoms with Gasteiger partial charge in [-0.15, -0.1) is 0 Å². The normalized spacial score (nSPS) is 17.7. The molecular weight excluding hydrogens is 310 g/mol. The Morgan fingerprint density at radius 3 is 1.80 bits per heavy atom. The summed E-state index contributed by atoms with van der Waals surface area (Å²) in [6.07, 6.45) is 17.3. The second-order valence-electron chi connectivity index (χ2n) is 6.62. The summed E-state index contributed by atoms with van der Waals surface area (Å²) in [5, 5.41) is 1.21. The van der Waals surface area contributed by atoms with Crippen LogP contribution in [0, 0.1) is 5.92 Å². The molecule has 0 saturated carbocycles. The number of piperidine rings is 1. The minimum atomic E-state index is 0.943. The summed E-state index contributed by atoms with van der Waals surface area (Å²) in [5.74, 6) is 0.943. The van der Waals surface area contributed by atoms with Crippen molar-refractivity contribution >= 4 is 15.9 Å². The maximum absolute atomic E-state index is 3.62. The second-order valence-corrected chi connectivity index (χ2v) is 7.27. The van der Waals surface area contributed by atoms with Crippen LogP contribution in [0.15, 0.2) is 0 Å². The number of alkyl halides is 1. The molecule has 1 saturated heterocycles. The Morgan fingerprint density at radius 2 is 1.30 bits per heavy atom. The average Bonchev–Trinajstić information content (AvgIpc) is 2.50. The van der Waals surface area contributed by atoms with Crippen LogP contribution in [0.25, 0.3) is 0 Å². The molecule has 0 spiro atoms. The molecule has 1 fully saturated rings. The van der Waals surface area contributed by atoms with E-state index in [4.69, 9.17) is 0 Å². The minimum Gasteiger partial charge on any atom is -0.303 e. The average molecular weight is 346 g/mol. The van der Waals surface area contributed by atoms with Crippen LogP contribution >= 0.6 is 15.9 Å². The van der Waals surface area contributed by atoms with Gasteiger partial charge in [0.05, 0.1) is 0 Å². The number of likely N-dealkylation sites (tertiary alicyclic amines) is 1. The van der Waals surface area contributed by atoms with Gasteiger partial charge in [-0.05, 0) is 44.8 Å². The van der Waals surface area contributed by atoms with Gasteiger partial charge in [0.15, 0.2) is 0 Å². The van der Waals surface area contributed by atoms with Crippen molar-refractivity contribution in [2.75, 3.05) is 25.0 Å². The zero-order valence-electron chi connectivity index (χ0n) is 13.7. The van der Waals surface area contributed by atoms with Crippen LogP contribution in [-0.2, 0) is 0 Å². The summed E-state index contributed by atoms with van der Waals surface area (Å²) in [7, 11) is 0. The molecule has 0 radical (unpaired) electrons. The Balaban J connectivity index is 1.79. The number of hydrogen-bond donors (Lipinski definition) is 0. The standard InChI is InChI=1S/C18H36BrN/c1-2-3-4-5-6-7-8-9-10-11-14-20-15-12-18(17-19)13-16-20/h18H,2-17H2,1H3. The molecule has 120 valence electrons. The molecule has 1 aliphatic rings. The molecule has 20 heavy (non-hydrogen) atoms. The quantitative estimate of drug-likeness (QED) is 0.309. The van der Waals surface area contributed by atoms with Crippen molar-refractivity contribution in [2.45, 2.75) is 84.0 Å². The molecule has 1 nitrogen and oxygen atoms in total. The second kappa shape index (κ2) is 13.1. The van der Waals surface area contributed by atoms with E-state index < -0.39 is 0 Å². The highest BCUT2D eigenvalue weighted by atomic mass is 79.9. The fourth-order valence-electron chi connectivity index (χ4n) is 3.19. The first-order valence-corrected chi connectivity index (χ1v) is 10.3. The first-order chi connectivity index (χ1) is 9.86. The summed E-state index contributed by atoms with van der Waals surface area (Å²) in [4.78, 5) is 2.68. The van der Waals surface area contributed by atoms with Gasteiger partial charge in [0.2, 0.25) is 0 Å². The molecule has 2 heteroatoms. The van der Waals surface area contributed by atoms with Gasteiger partial charge in [0.25, 0.3) is 0 Å². The van der Waals surface area contributed by atoms with Crippen LogP contribution in [0.4, 0.5) is 0 Å². The molecule has 1 heterocycles. The molecule has 0 bridgehead atoms. The molecular formula is C18H36BrN. The zero-order chi connectivity index (χ0) is 14.5. The first-order valence-electron chi connectivity index (χ1n) is 9.15. The SMILES string of the molecule is CCCCCCCCCCCCN1CCC(CBr)CC1. The Bertz CT molecular complexity index is 200. The predicted molar refractivity (Wildman–Crippen MR) is 94.8 cm³/mol. The number of nitrogens with zero attached hydrogens (tertiary/aromatic N) is 1. The van der Waals surface area contributed by atoms with Gasteiger partial charge < -0.3 is 4.90 Å². The third-order valence-electron chi connectivity index (χ3n) is 4.75. The van der Waals surface area contributed by atoms with E-state index in [0.29, 0.717) is 0 Å². The van der Waals surface area contributed by atoms with E-state index in [1.807, 2.05) is 0 Å². The van der Waals surface area contributed by atoms with Crippen LogP contribution in [0.3, 0.4) is 0 Å². The summed E-state index contributed by atoms with van der Waals surface area (Å²) >= 11 is 3.62. The topological polar surface area (TPSA) is 3.24 Å². The largest absolute Gasteiger partial charge is 0.303 e. The number of unbranched alkanes of at least 4 members (excludes halogenated alkanes) is 9. The monoisotopic (exact) mass is 345 g/mol. The maximum Gasteiger partial charge on any atom is 0.00606 e. The summed E-state index contributed by atoms with van der Waals surface area (Å²) in [5.41, 5.74) is 0. The highest BCUT2D eigenvalue weighted by Crippen LogP contribution is 2.19. The molecule has 1 aliphatic heterocycles. The molecule has 0 atom stereocenters. The number of rotatable bonds is 12. The predicted octanol–water partition coefficient (Wildman–Crippen LogP) is 6.01. The molecule has 0 unspecified atom stereocenters. The molecule has 0 aromatic carbocycles. The van der Waals surface area contributed by atoms with E-state index in [1.54, 1.807) is 0 Å². The van der Waals surface area contributed by atoms with Crippen molar-refractivity contribution in [3.05, 3.63) is 0 Å². The number of halogens is 1. The van der Waals surface area contributed by atoms with Gasteiger partial charge in [-0.3, -0.25) is 0 Å². The Labute approximate surface area is 136 Å². The fraction of sp³-hybridized carbons (Fsp3) is 1.00. The van der Waals surface area contributed by atoms with Crippen LogP contribution in [0.2, 0.25) is 0 Å². The maximum atomic E-state index is 3.62. The molecule has 0 N–H and O–H groups in total. The van der Waals surface area contributed by atoms with Crippen molar-refractivity contribution < 1.29 is 0 Å². The summed E-state index contributed by atoms with van der Waals surface area (Å²) < 4.78 is 0.